The molecular formula is C20H25FN2O3. The lowest BCUT2D eigenvalue weighted by Crippen LogP contribution is -2.24. The maximum atomic E-state index is 14.6. The molecule has 0 amide bonds. The fraction of sp³-hybridized carbons (Fsp3) is 0.500. The van der Waals surface area contributed by atoms with Crippen molar-refractivity contribution in [2.75, 3.05) is 11.9 Å². The van der Waals surface area contributed by atoms with Crippen LogP contribution in [0.4, 0.5) is 10.1 Å². The standard InChI is InChI=1S/C20H25FN2O3/c1-3-23-12-15(20(25)26-4-2)19(24)14-10-16(21)17(11-18(14)23)22-13-8-6-5-7-9-13/h10-13,22H,3-9H2,1-2H3. The molecule has 0 unspecified atom stereocenters. The van der Waals surface area contributed by atoms with Gasteiger partial charge in [-0.1, -0.05) is 19.3 Å². The summed E-state index contributed by atoms with van der Waals surface area (Å²) in [5.41, 5.74) is 0.472. The Kier molecular flexibility index (Phi) is 5.59. The number of esters is 1. The third-order valence-electron chi connectivity index (χ3n) is 4.97. The number of nitrogens with zero attached hydrogens (tertiary/aromatic N) is 1. The molecule has 26 heavy (non-hydrogen) atoms. The van der Waals surface area contributed by atoms with Crippen LogP contribution in [0.3, 0.4) is 0 Å². The highest BCUT2D eigenvalue weighted by Crippen LogP contribution is 2.26. The van der Waals surface area contributed by atoms with E-state index in [1.54, 1.807) is 17.6 Å². The van der Waals surface area contributed by atoms with Crippen molar-refractivity contribution in [2.45, 2.75) is 58.5 Å². The van der Waals surface area contributed by atoms with E-state index in [-0.39, 0.29) is 23.6 Å². The van der Waals surface area contributed by atoms with Crippen LogP contribution >= 0.6 is 0 Å². The molecule has 0 saturated heterocycles. The van der Waals surface area contributed by atoms with Crippen molar-refractivity contribution in [3.63, 3.8) is 0 Å². The Hall–Kier alpha value is -2.37. The summed E-state index contributed by atoms with van der Waals surface area (Å²) in [5, 5.41) is 3.49. The highest BCUT2D eigenvalue weighted by molar-refractivity contribution is 5.94. The van der Waals surface area contributed by atoms with E-state index in [1.165, 1.54) is 18.7 Å². The van der Waals surface area contributed by atoms with Crippen LogP contribution in [0.5, 0.6) is 0 Å². The monoisotopic (exact) mass is 360 g/mol. The molecule has 0 bridgehead atoms. The van der Waals surface area contributed by atoms with Crippen molar-refractivity contribution in [2.24, 2.45) is 0 Å². The molecule has 0 aliphatic heterocycles. The number of aromatic nitrogens is 1. The molecule has 0 radical (unpaired) electrons. The molecule has 1 fully saturated rings. The van der Waals surface area contributed by atoms with Gasteiger partial charge in [-0.3, -0.25) is 4.79 Å². The summed E-state index contributed by atoms with van der Waals surface area (Å²) in [6, 6.07) is 3.17. The number of aryl methyl sites for hydroxylation is 1. The van der Waals surface area contributed by atoms with Crippen molar-refractivity contribution < 1.29 is 13.9 Å². The van der Waals surface area contributed by atoms with Crippen molar-refractivity contribution in [3.05, 3.63) is 39.9 Å². The average molecular weight is 360 g/mol. The van der Waals surface area contributed by atoms with E-state index in [1.807, 2.05) is 6.92 Å². The predicted molar refractivity (Wildman–Crippen MR) is 100 cm³/mol. The van der Waals surface area contributed by atoms with Gasteiger partial charge in [0.05, 0.1) is 17.8 Å². The van der Waals surface area contributed by atoms with Gasteiger partial charge in [0, 0.05) is 24.2 Å². The molecular weight excluding hydrogens is 335 g/mol. The summed E-state index contributed by atoms with van der Waals surface area (Å²) in [6.45, 7) is 4.33. The fourth-order valence-corrected chi connectivity index (χ4v) is 3.60. The molecule has 5 nitrogen and oxygen atoms in total. The number of pyridine rings is 1. The summed E-state index contributed by atoms with van der Waals surface area (Å²) in [4.78, 5) is 24.7. The second-order valence-electron chi connectivity index (χ2n) is 6.71. The summed E-state index contributed by atoms with van der Waals surface area (Å²) in [5.74, 6) is -1.14. The normalized spacial score (nSPS) is 15.2. The lowest BCUT2D eigenvalue weighted by molar-refractivity contribution is 0.0524. The van der Waals surface area contributed by atoms with Crippen molar-refractivity contribution in [1.29, 1.82) is 0 Å². The minimum atomic E-state index is -0.675. The van der Waals surface area contributed by atoms with Crippen LogP contribution in [0.25, 0.3) is 10.9 Å². The van der Waals surface area contributed by atoms with E-state index in [0.29, 0.717) is 17.7 Å². The molecule has 1 heterocycles. The van der Waals surface area contributed by atoms with Gasteiger partial charge in [0.25, 0.3) is 0 Å². The van der Waals surface area contributed by atoms with E-state index >= 15 is 0 Å². The van der Waals surface area contributed by atoms with Crippen molar-refractivity contribution in [3.8, 4) is 0 Å². The van der Waals surface area contributed by atoms with Crippen LogP contribution in [-0.2, 0) is 11.3 Å². The van der Waals surface area contributed by atoms with Gasteiger partial charge >= 0.3 is 5.97 Å². The lowest BCUT2D eigenvalue weighted by Gasteiger charge is -2.24. The number of nitrogens with one attached hydrogen (secondary N) is 1. The number of carbonyl (C=O) groups is 1. The molecule has 6 heteroatoms. The molecule has 1 N–H and O–H groups in total. The van der Waals surface area contributed by atoms with Gasteiger partial charge in [0.2, 0.25) is 5.43 Å². The van der Waals surface area contributed by atoms with Gasteiger partial charge in [0.15, 0.2) is 0 Å². The van der Waals surface area contributed by atoms with E-state index < -0.39 is 17.2 Å². The molecule has 1 aromatic carbocycles. The number of hydrogen-bond donors (Lipinski definition) is 1. The largest absolute Gasteiger partial charge is 0.462 e. The molecule has 0 spiro atoms. The summed E-state index contributed by atoms with van der Waals surface area (Å²) in [7, 11) is 0. The van der Waals surface area contributed by atoms with Gasteiger partial charge in [0.1, 0.15) is 11.4 Å². The van der Waals surface area contributed by atoms with E-state index in [2.05, 4.69) is 5.32 Å². The van der Waals surface area contributed by atoms with Crippen LogP contribution in [0.15, 0.2) is 23.1 Å². The second kappa shape index (κ2) is 7.89. The Bertz CT molecular complexity index is 869. The van der Waals surface area contributed by atoms with Crippen LogP contribution in [-0.4, -0.2) is 23.2 Å². The Morgan fingerprint density at radius 2 is 2.00 bits per heavy atom. The molecule has 1 saturated carbocycles. The number of hydrogen-bond acceptors (Lipinski definition) is 4. The number of benzene rings is 1. The third-order valence-corrected chi connectivity index (χ3v) is 4.97. The SMILES string of the molecule is CCOC(=O)c1cn(CC)c2cc(NC3CCCCC3)c(F)cc2c1=O. The first-order valence-corrected chi connectivity index (χ1v) is 9.35. The first-order valence-electron chi connectivity index (χ1n) is 9.35. The van der Waals surface area contributed by atoms with Gasteiger partial charge in [-0.25, -0.2) is 9.18 Å². The quantitative estimate of drug-likeness (QED) is 0.816. The number of fused-ring (bicyclic) bond motifs is 1. The molecule has 1 aromatic heterocycles. The Labute approximate surface area is 152 Å². The van der Waals surface area contributed by atoms with Crippen LogP contribution in [0.2, 0.25) is 0 Å². The van der Waals surface area contributed by atoms with Crippen LogP contribution in [0.1, 0.15) is 56.3 Å². The molecule has 1 aliphatic rings. The maximum Gasteiger partial charge on any atom is 0.343 e. The van der Waals surface area contributed by atoms with Gasteiger partial charge < -0.3 is 14.6 Å². The summed E-state index contributed by atoms with van der Waals surface area (Å²) >= 11 is 0. The van der Waals surface area contributed by atoms with Crippen molar-refractivity contribution in [1.82, 2.24) is 4.57 Å². The average Bonchev–Trinajstić information content (AvgIpc) is 2.64. The lowest BCUT2D eigenvalue weighted by atomic mass is 9.95. The number of rotatable bonds is 5. The number of halogens is 1. The molecule has 2 aromatic rings. The first-order chi connectivity index (χ1) is 12.5. The zero-order valence-corrected chi connectivity index (χ0v) is 15.3. The zero-order chi connectivity index (χ0) is 18.7. The highest BCUT2D eigenvalue weighted by Gasteiger charge is 2.20. The molecule has 0 atom stereocenters. The number of anilines is 1. The number of ether oxygens (including phenoxy) is 1. The zero-order valence-electron chi connectivity index (χ0n) is 15.3. The topological polar surface area (TPSA) is 60.3 Å². The first kappa shape index (κ1) is 18.4. The molecule has 140 valence electrons. The highest BCUT2D eigenvalue weighted by atomic mass is 19.1. The Morgan fingerprint density at radius 1 is 1.27 bits per heavy atom. The smallest absolute Gasteiger partial charge is 0.343 e. The number of carbonyl (C=O) groups excluding carboxylic acids is 1. The maximum absolute atomic E-state index is 14.6. The van der Waals surface area contributed by atoms with E-state index in [0.717, 1.165) is 25.7 Å². The van der Waals surface area contributed by atoms with E-state index in [9.17, 15) is 14.0 Å². The predicted octanol–water partition coefficient (Wildman–Crippen LogP) is 4.08. The Morgan fingerprint density at radius 3 is 2.65 bits per heavy atom. The van der Waals surface area contributed by atoms with Crippen LogP contribution in [0, 0.1) is 5.82 Å². The minimum absolute atomic E-state index is 0.0615. The van der Waals surface area contributed by atoms with Gasteiger partial charge in [-0.2, -0.15) is 0 Å². The summed E-state index contributed by atoms with van der Waals surface area (Å²) in [6.07, 6.45) is 7.08. The van der Waals surface area contributed by atoms with Gasteiger partial charge in [-0.05, 0) is 38.8 Å². The summed E-state index contributed by atoms with van der Waals surface area (Å²) < 4.78 is 21.4. The Balaban J connectivity index is 2.07. The second-order valence-corrected chi connectivity index (χ2v) is 6.71. The van der Waals surface area contributed by atoms with Crippen LogP contribution < -0.4 is 10.7 Å². The van der Waals surface area contributed by atoms with Crippen molar-refractivity contribution >= 4 is 22.6 Å². The third kappa shape index (κ3) is 3.59. The van der Waals surface area contributed by atoms with Gasteiger partial charge in [-0.15, -0.1) is 0 Å². The minimum Gasteiger partial charge on any atom is -0.462 e. The fourth-order valence-electron chi connectivity index (χ4n) is 3.60. The van der Waals surface area contributed by atoms with E-state index in [4.69, 9.17) is 4.74 Å². The molecule has 3 rings (SSSR count). The molecule has 1 aliphatic carbocycles.